The van der Waals surface area contributed by atoms with Gasteiger partial charge in [-0.2, -0.15) is 0 Å². The molecule has 0 radical (unpaired) electrons. The molecule has 1 nitrogen and oxygen atoms in total. The highest BCUT2D eigenvalue weighted by molar-refractivity contribution is 5.35. The summed E-state index contributed by atoms with van der Waals surface area (Å²) in [6.45, 7) is 9.12. The molecule has 1 N–H and O–H groups in total. The molecule has 1 aliphatic heterocycles. The zero-order valence-corrected chi connectivity index (χ0v) is 9.84. The van der Waals surface area contributed by atoms with Crippen LogP contribution in [0.4, 0.5) is 0 Å². The van der Waals surface area contributed by atoms with Crippen molar-refractivity contribution in [1.82, 2.24) is 5.32 Å². The largest absolute Gasteiger partial charge is 0.384 e. The number of nitrogens with one attached hydrogen (secondary N) is 1. The van der Waals surface area contributed by atoms with Gasteiger partial charge in [-0.1, -0.05) is 45.1 Å². The Kier molecular flexibility index (Phi) is 4.96. The molecule has 1 aliphatic rings. The van der Waals surface area contributed by atoms with Crippen molar-refractivity contribution in [3.8, 4) is 0 Å². The van der Waals surface area contributed by atoms with Crippen LogP contribution in [0.5, 0.6) is 0 Å². The average molecular weight is 203 g/mol. The van der Waals surface area contributed by atoms with Crippen LogP contribution in [-0.2, 0) is 0 Å². The van der Waals surface area contributed by atoms with E-state index in [9.17, 15) is 0 Å². The standard InChI is InChI=1S/C14H21N/c1-4-7-14-10-13(11-15-14)9-8-12(5-2)6-3/h5,8-10,15H,2,4,6-7,11H2,1,3H3/b12-8+,13-9-. The van der Waals surface area contributed by atoms with Gasteiger partial charge < -0.3 is 5.32 Å². The number of hydrogen-bond acceptors (Lipinski definition) is 1. The minimum Gasteiger partial charge on any atom is -0.384 e. The van der Waals surface area contributed by atoms with Crippen molar-refractivity contribution in [3.05, 3.63) is 47.7 Å². The van der Waals surface area contributed by atoms with E-state index >= 15 is 0 Å². The molecule has 0 unspecified atom stereocenters. The summed E-state index contributed by atoms with van der Waals surface area (Å²) in [4.78, 5) is 0. The molecular weight excluding hydrogens is 182 g/mol. The van der Waals surface area contributed by atoms with Crippen LogP contribution < -0.4 is 5.32 Å². The van der Waals surface area contributed by atoms with Gasteiger partial charge in [0.25, 0.3) is 0 Å². The van der Waals surface area contributed by atoms with Crippen LogP contribution in [0.15, 0.2) is 47.7 Å². The van der Waals surface area contributed by atoms with Crippen molar-refractivity contribution in [1.29, 1.82) is 0 Å². The summed E-state index contributed by atoms with van der Waals surface area (Å²) in [5.74, 6) is 0. The molecule has 82 valence electrons. The second kappa shape index (κ2) is 6.28. The molecule has 0 aromatic carbocycles. The first-order valence-electron chi connectivity index (χ1n) is 5.76. The fourth-order valence-electron chi connectivity index (χ4n) is 1.62. The fourth-order valence-corrected chi connectivity index (χ4v) is 1.62. The molecule has 1 rings (SSSR count). The molecule has 0 aromatic rings. The molecule has 0 fully saturated rings. The van der Waals surface area contributed by atoms with Gasteiger partial charge >= 0.3 is 0 Å². The third-order valence-corrected chi connectivity index (χ3v) is 2.58. The van der Waals surface area contributed by atoms with Crippen molar-refractivity contribution < 1.29 is 0 Å². The highest BCUT2D eigenvalue weighted by atomic mass is 14.9. The molecule has 0 aliphatic carbocycles. The van der Waals surface area contributed by atoms with E-state index in [0.29, 0.717) is 0 Å². The Morgan fingerprint density at radius 3 is 2.93 bits per heavy atom. The van der Waals surface area contributed by atoms with Gasteiger partial charge in [0.1, 0.15) is 0 Å². The van der Waals surface area contributed by atoms with Crippen LogP contribution in [0, 0.1) is 0 Å². The smallest absolute Gasteiger partial charge is 0.0398 e. The van der Waals surface area contributed by atoms with Crippen LogP contribution in [-0.4, -0.2) is 6.54 Å². The predicted octanol–water partition coefficient (Wildman–Crippen LogP) is 3.72. The number of hydrogen-bond donors (Lipinski definition) is 1. The quantitative estimate of drug-likeness (QED) is 0.671. The fraction of sp³-hybridized carbons (Fsp3) is 0.429. The minimum absolute atomic E-state index is 0.972. The van der Waals surface area contributed by atoms with Crippen LogP contribution >= 0.6 is 0 Å². The highest BCUT2D eigenvalue weighted by Crippen LogP contribution is 2.14. The molecule has 0 saturated heterocycles. The topological polar surface area (TPSA) is 12.0 Å². The van der Waals surface area contributed by atoms with E-state index < -0.39 is 0 Å². The monoisotopic (exact) mass is 203 g/mol. The summed E-state index contributed by atoms with van der Waals surface area (Å²) in [6, 6.07) is 0. The van der Waals surface area contributed by atoms with Crippen LogP contribution in [0.1, 0.15) is 33.1 Å². The van der Waals surface area contributed by atoms with Gasteiger partial charge in [0.2, 0.25) is 0 Å². The molecule has 0 aromatic heterocycles. The van der Waals surface area contributed by atoms with Crippen LogP contribution in [0.3, 0.4) is 0 Å². The van der Waals surface area contributed by atoms with E-state index in [-0.39, 0.29) is 0 Å². The van der Waals surface area contributed by atoms with Gasteiger partial charge in [-0.3, -0.25) is 0 Å². The molecule has 15 heavy (non-hydrogen) atoms. The Labute approximate surface area is 93.3 Å². The lowest BCUT2D eigenvalue weighted by Gasteiger charge is -1.98. The Hall–Kier alpha value is -1.24. The predicted molar refractivity (Wildman–Crippen MR) is 67.6 cm³/mol. The summed E-state index contributed by atoms with van der Waals surface area (Å²) in [5, 5.41) is 3.41. The third kappa shape index (κ3) is 3.78. The molecular formula is C14H21N. The Balaban J connectivity index is 2.62. The SMILES string of the molecule is C=C/C(=C\C=C1\C=C(CCC)NC1)CC. The second-order valence-electron chi connectivity index (χ2n) is 3.81. The first kappa shape index (κ1) is 11.8. The van der Waals surface area contributed by atoms with Gasteiger partial charge in [0.05, 0.1) is 0 Å². The maximum absolute atomic E-state index is 3.79. The normalized spacial score (nSPS) is 18.9. The minimum atomic E-state index is 0.972. The average Bonchev–Trinajstić information content (AvgIpc) is 2.68. The highest BCUT2D eigenvalue weighted by Gasteiger charge is 2.05. The van der Waals surface area contributed by atoms with Crippen molar-refractivity contribution in [2.75, 3.05) is 6.54 Å². The molecule has 1 heterocycles. The molecule has 0 spiro atoms. The summed E-state index contributed by atoms with van der Waals surface area (Å²) >= 11 is 0. The van der Waals surface area contributed by atoms with E-state index in [2.05, 4.69) is 44.0 Å². The van der Waals surface area contributed by atoms with E-state index in [0.717, 1.165) is 19.4 Å². The lowest BCUT2D eigenvalue weighted by molar-refractivity contribution is 0.807. The summed E-state index contributed by atoms with van der Waals surface area (Å²) < 4.78 is 0. The lowest BCUT2D eigenvalue weighted by atomic mass is 10.1. The number of rotatable bonds is 5. The first-order valence-corrected chi connectivity index (χ1v) is 5.76. The van der Waals surface area contributed by atoms with E-state index in [1.165, 1.54) is 23.3 Å². The molecule has 0 atom stereocenters. The van der Waals surface area contributed by atoms with Crippen LogP contribution in [0.25, 0.3) is 0 Å². The van der Waals surface area contributed by atoms with Gasteiger partial charge in [0.15, 0.2) is 0 Å². The first-order chi connectivity index (χ1) is 7.30. The van der Waals surface area contributed by atoms with Crippen molar-refractivity contribution in [2.24, 2.45) is 0 Å². The Morgan fingerprint density at radius 1 is 1.53 bits per heavy atom. The van der Waals surface area contributed by atoms with E-state index in [4.69, 9.17) is 0 Å². The summed E-state index contributed by atoms with van der Waals surface area (Å²) in [6.07, 6.45) is 11.9. The zero-order chi connectivity index (χ0) is 11.1. The summed E-state index contributed by atoms with van der Waals surface area (Å²) in [5.41, 5.74) is 4.03. The molecule has 0 amide bonds. The maximum Gasteiger partial charge on any atom is 0.0398 e. The molecule has 0 bridgehead atoms. The third-order valence-electron chi connectivity index (χ3n) is 2.58. The van der Waals surface area contributed by atoms with E-state index in [1.807, 2.05) is 6.08 Å². The van der Waals surface area contributed by atoms with Gasteiger partial charge in [-0.05, 0) is 30.1 Å². The molecule has 0 saturated carbocycles. The van der Waals surface area contributed by atoms with Gasteiger partial charge in [0, 0.05) is 12.2 Å². The maximum atomic E-state index is 3.79. The Bertz CT molecular complexity index is 305. The number of allylic oxidation sites excluding steroid dienone is 5. The van der Waals surface area contributed by atoms with Crippen molar-refractivity contribution in [3.63, 3.8) is 0 Å². The lowest BCUT2D eigenvalue weighted by Crippen LogP contribution is -2.07. The van der Waals surface area contributed by atoms with E-state index in [1.54, 1.807) is 0 Å². The van der Waals surface area contributed by atoms with Gasteiger partial charge in [-0.15, -0.1) is 0 Å². The van der Waals surface area contributed by atoms with Crippen LogP contribution in [0.2, 0.25) is 0 Å². The summed E-state index contributed by atoms with van der Waals surface area (Å²) in [7, 11) is 0. The zero-order valence-electron chi connectivity index (χ0n) is 9.84. The van der Waals surface area contributed by atoms with Gasteiger partial charge in [-0.25, -0.2) is 0 Å². The van der Waals surface area contributed by atoms with Crippen molar-refractivity contribution >= 4 is 0 Å². The Morgan fingerprint density at radius 2 is 2.33 bits per heavy atom. The molecule has 1 heteroatoms. The van der Waals surface area contributed by atoms with Crippen molar-refractivity contribution in [2.45, 2.75) is 33.1 Å². The second-order valence-corrected chi connectivity index (χ2v) is 3.81.